The standard InChI is InChI=1S/C17H25N5O2.ClH/c1-9-12(7-13(23)20-17(3,8-18)11-5-6-11)10(2)19-15-14(9)16(24)21-22(15)4;/h11H,5-8,18H2,1-4H3,(H,20,23)(H,21,24);1H. The average molecular weight is 368 g/mol. The molecule has 0 aliphatic heterocycles. The maximum atomic E-state index is 12.6. The minimum absolute atomic E-state index is 0. The van der Waals surface area contributed by atoms with Gasteiger partial charge in [-0.05, 0) is 50.7 Å². The van der Waals surface area contributed by atoms with E-state index in [0.717, 1.165) is 29.7 Å². The number of halogens is 1. The van der Waals surface area contributed by atoms with Crippen LogP contribution >= 0.6 is 12.4 Å². The number of fused-ring (bicyclic) bond motifs is 1. The summed E-state index contributed by atoms with van der Waals surface area (Å²) in [5.74, 6) is 0.390. The Morgan fingerprint density at radius 1 is 1.44 bits per heavy atom. The SMILES string of the molecule is Cc1nc2c(c(C)c1CC(=O)NC(C)(CN)C1CC1)c(=O)[nH]n2C.Cl. The molecule has 1 saturated carbocycles. The first-order chi connectivity index (χ1) is 11.3. The zero-order valence-electron chi connectivity index (χ0n) is 15.1. The van der Waals surface area contributed by atoms with Crippen molar-refractivity contribution in [3.63, 3.8) is 0 Å². The van der Waals surface area contributed by atoms with E-state index in [1.54, 1.807) is 11.7 Å². The number of rotatable bonds is 5. The van der Waals surface area contributed by atoms with Crippen LogP contribution in [0.2, 0.25) is 0 Å². The number of hydrogen-bond donors (Lipinski definition) is 3. The Hall–Kier alpha value is -1.86. The molecule has 1 atom stereocenters. The molecule has 25 heavy (non-hydrogen) atoms. The molecule has 0 radical (unpaired) electrons. The zero-order chi connectivity index (χ0) is 17.6. The predicted molar refractivity (Wildman–Crippen MR) is 100 cm³/mol. The highest BCUT2D eigenvalue weighted by molar-refractivity contribution is 5.85. The Labute approximate surface area is 152 Å². The van der Waals surface area contributed by atoms with E-state index in [1.165, 1.54) is 0 Å². The van der Waals surface area contributed by atoms with Crippen LogP contribution in [-0.2, 0) is 18.3 Å². The summed E-state index contributed by atoms with van der Waals surface area (Å²) in [6.45, 7) is 6.18. The lowest BCUT2D eigenvalue weighted by Crippen LogP contribution is -2.53. The maximum Gasteiger partial charge on any atom is 0.273 e. The van der Waals surface area contributed by atoms with Gasteiger partial charge in [-0.1, -0.05) is 0 Å². The Balaban J connectivity index is 0.00000225. The van der Waals surface area contributed by atoms with Crippen molar-refractivity contribution < 1.29 is 4.79 Å². The van der Waals surface area contributed by atoms with Gasteiger partial charge in [0, 0.05) is 19.3 Å². The molecule has 1 amide bonds. The van der Waals surface area contributed by atoms with Crippen molar-refractivity contribution in [3.05, 3.63) is 27.2 Å². The lowest BCUT2D eigenvalue weighted by Gasteiger charge is -2.29. The third-order valence-corrected chi connectivity index (χ3v) is 5.24. The number of amides is 1. The zero-order valence-corrected chi connectivity index (χ0v) is 15.9. The molecule has 1 unspecified atom stereocenters. The predicted octanol–water partition coefficient (Wildman–Crippen LogP) is 1.09. The second-order valence-corrected chi connectivity index (χ2v) is 7.12. The number of aromatic amines is 1. The van der Waals surface area contributed by atoms with Gasteiger partial charge in [-0.25, -0.2) is 4.98 Å². The number of H-pyrrole nitrogens is 1. The van der Waals surface area contributed by atoms with Gasteiger partial charge in [-0.2, -0.15) is 0 Å². The summed E-state index contributed by atoms with van der Waals surface area (Å²) in [5.41, 5.74) is 8.36. The van der Waals surface area contributed by atoms with Crippen LogP contribution in [0.5, 0.6) is 0 Å². The minimum atomic E-state index is -0.347. The van der Waals surface area contributed by atoms with Gasteiger partial charge in [-0.15, -0.1) is 12.4 Å². The topological polar surface area (TPSA) is 106 Å². The molecule has 0 aromatic carbocycles. The van der Waals surface area contributed by atoms with Gasteiger partial charge in [-0.3, -0.25) is 19.4 Å². The van der Waals surface area contributed by atoms with E-state index in [1.807, 2.05) is 20.8 Å². The van der Waals surface area contributed by atoms with E-state index in [-0.39, 0.29) is 35.8 Å². The van der Waals surface area contributed by atoms with Crippen molar-refractivity contribution in [2.45, 2.75) is 45.6 Å². The Morgan fingerprint density at radius 2 is 2.08 bits per heavy atom. The van der Waals surface area contributed by atoms with Crippen LogP contribution in [0, 0.1) is 19.8 Å². The summed E-state index contributed by atoms with van der Waals surface area (Å²) in [6, 6.07) is 0. The molecule has 1 fully saturated rings. The largest absolute Gasteiger partial charge is 0.349 e. The molecule has 138 valence electrons. The van der Waals surface area contributed by atoms with Gasteiger partial charge in [0.1, 0.15) is 0 Å². The van der Waals surface area contributed by atoms with Gasteiger partial charge < -0.3 is 11.1 Å². The highest BCUT2D eigenvalue weighted by atomic mass is 35.5. The van der Waals surface area contributed by atoms with Crippen LogP contribution in [0.25, 0.3) is 11.0 Å². The van der Waals surface area contributed by atoms with E-state index in [2.05, 4.69) is 15.4 Å². The molecule has 7 nitrogen and oxygen atoms in total. The number of nitrogens with zero attached hydrogens (tertiary/aromatic N) is 2. The second-order valence-electron chi connectivity index (χ2n) is 7.12. The third-order valence-electron chi connectivity index (χ3n) is 5.24. The Kier molecular flexibility index (Phi) is 5.30. The number of hydrogen-bond acceptors (Lipinski definition) is 4. The molecule has 1 aliphatic carbocycles. The molecule has 4 N–H and O–H groups in total. The summed E-state index contributed by atoms with van der Waals surface area (Å²) >= 11 is 0. The molecular formula is C17H26ClN5O2. The van der Waals surface area contributed by atoms with Crippen LogP contribution in [-0.4, -0.2) is 32.8 Å². The normalized spacial score (nSPS) is 16.4. The van der Waals surface area contributed by atoms with Crippen LogP contribution in [0.4, 0.5) is 0 Å². The van der Waals surface area contributed by atoms with E-state index >= 15 is 0 Å². The molecule has 0 spiro atoms. The van der Waals surface area contributed by atoms with Crippen LogP contribution in [0.3, 0.4) is 0 Å². The number of nitrogens with two attached hydrogens (primary N) is 1. The Morgan fingerprint density at radius 3 is 2.64 bits per heavy atom. The molecule has 2 aromatic rings. The van der Waals surface area contributed by atoms with Gasteiger partial charge in [0.15, 0.2) is 5.65 Å². The fourth-order valence-electron chi connectivity index (χ4n) is 3.47. The van der Waals surface area contributed by atoms with Crippen molar-refractivity contribution in [2.24, 2.45) is 18.7 Å². The lowest BCUT2D eigenvalue weighted by molar-refractivity contribution is -0.122. The number of carbonyl (C=O) groups is 1. The molecule has 0 bridgehead atoms. The lowest BCUT2D eigenvalue weighted by atomic mass is 9.94. The van der Waals surface area contributed by atoms with E-state index in [4.69, 9.17) is 5.73 Å². The summed E-state index contributed by atoms with van der Waals surface area (Å²) in [4.78, 5) is 29.2. The quantitative estimate of drug-likeness (QED) is 0.735. The van der Waals surface area contributed by atoms with Crippen molar-refractivity contribution in [1.82, 2.24) is 20.1 Å². The summed E-state index contributed by atoms with van der Waals surface area (Å²) < 4.78 is 1.61. The number of aromatic nitrogens is 3. The molecule has 3 rings (SSSR count). The second kappa shape index (κ2) is 6.80. The third kappa shape index (κ3) is 3.43. The number of carbonyl (C=O) groups excluding carboxylic acids is 1. The van der Waals surface area contributed by atoms with Crippen molar-refractivity contribution in [2.75, 3.05) is 6.54 Å². The van der Waals surface area contributed by atoms with Gasteiger partial charge in [0.2, 0.25) is 5.91 Å². The van der Waals surface area contributed by atoms with E-state index in [9.17, 15) is 9.59 Å². The summed E-state index contributed by atoms with van der Waals surface area (Å²) in [6.07, 6.45) is 2.43. The fraction of sp³-hybridized carbons (Fsp3) is 0.588. The fourth-order valence-corrected chi connectivity index (χ4v) is 3.47. The first kappa shape index (κ1) is 19.5. The molecular weight excluding hydrogens is 342 g/mol. The average Bonchev–Trinajstić information content (AvgIpc) is 3.31. The van der Waals surface area contributed by atoms with Gasteiger partial charge in [0.05, 0.1) is 17.3 Å². The highest BCUT2D eigenvalue weighted by Gasteiger charge is 2.41. The summed E-state index contributed by atoms with van der Waals surface area (Å²) in [5, 5.41) is 6.36. The van der Waals surface area contributed by atoms with Crippen LogP contribution in [0.1, 0.15) is 36.6 Å². The number of aryl methyl sites for hydroxylation is 3. The molecule has 0 saturated heterocycles. The monoisotopic (exact) mass is 367 g/mol. The highest BCUT2D eigenvalue weighted by Crippen LogP contribution is 2.39. The smallest absolute Gasteiger partial charge is 0.273 e. The van der Waals surface area contributed by atoms with E-state index in [0.29, 0.717) is 23.5 Å². The maximum absolute atomic E-state index is 12.6. The number of nitrogens with one attached hydrogen (secondary N) is 2. The van der Waals surface area contributed by atoms with Crippen LogP contribution < -0.4 is 16.6 Å². The first-order valence-electron chi connectivity index (χ1n) is 8.32. The van der Waals surface area contributed by atoms with E-state index < -0.39 is 0 Å². The van der Waals surface area contributed by atoms with Gasteiger partial charge >= 0.3 is 0 Å². The van der Waals surface area contributed by atoms with Gasteiger partial charge in [0.25, 0.3) is 5.56 Å². The minimum Gasteiger partial charge on any atom is -0.349 e. The molecule has 2 heterocycles. The number of pyridine rings is 1. The molecule has 2 aromatic heterocycles. The summed E-state index contributed by atoms with van der Waals surface area (Å²) in [7, 11) is 1.75. The Bertz CT molecular complexity index is 868. The van der Waals surface area contributed by atoms with Crippen molar-refractivity contribution in [1.29, 1.82) is 0 Å². The molecule has 8 heteroatoms. The molecule has 1 aliphatic rings. The first-order valence-corrected chi connectivity index (χ1v) is 8.32. The van der Waals surface area contributed by atoms with Crippen LogP contribution in [0.15, 0.2) is 4.79 Å². The van der Waals surface area contributed by atoms with Crippen molar-refractivity contribution >= 4 is 29.3 Å². The van der Waals surface area contributed by atoms with Crippen molar-refractivity contribution in [3.8, 4) is 0 Å².